The highest BCUT2D eigenvalue weighted by Gasteiger charge is 2.21. The molecule has 0 atom stereocenters. The first-order valence-corrected chi connectivity index (χ1v) is 6.55. The topological polar surface area (TPSA) is 43.8 Å². The van der Waals surface area contributed by atoms with E-state index in [1.807, 2.05) is 0 Å². The van der Waals surface area contributed by atoms with E-state index in [1.54, 1.807) is 23.9 Å². The van der Waals surface area contributed by atoms with E-state index in [2.05, 4.69) is 18.9 Å². The Morgan fingerprint density at radius 2 is 2.05 bits per heavy atom. The summed E-state index contributed by atoms with van der Waals surface area (Å²) >= 11 is 6.12. The molecule has 0 radical (unpaired) electrons. The number of benzene rings is 1. The second-order valence-electron chi connectivity index (χ2n) is 5.03. The predicted molar refractivity (Wildman–Crippen MR) is 76.6 cm³/mol. The maximum absolute atomic E-state index is 14.1. The first kappa shape index (κ1) is 13.9. The van der Waals surface area contributed by atoms with Gasteiger partial charge in [-0.3, -0.25) is 4.68 Å². The minimum atomic E-state index is -0.378. The Morgan fingerprint density at radius 1 is 1.37 bits per heavy atom. The van der Waals surface area contributed by atoms with Crippen molar-refractivity contribution in [1.29, 1.82) is 0 Å². The monoisotopic (exact) mass is 281 g/mol. The maximum Gasteiger partial charge on any atom is 0.132 e. The molecular formula is C14H17ClFN3. The molecule has 0 aliphatic heterocycles. The van der Waals surface area contributed by atoms with Crippen molar-refractivity contribution in [3.63, 3.8) is 0 Å². The molecule has 2 aromatic rings. The molecule has 0 unspecified atom stereocenters. The summed E-state index contributed by atoms with van der Waals surface area (Å²) in [6.45, 7) is 4.16. The number of hydrogen-bond acceptors (Lipinski definition) is 2. The largest absolute Gasteiger partial charge is 0.383 e. The fraction of sp³-hybridized carbons (Fsp3) is 0.357. The molecule has 2 N–H and O–H groups in total. The van der Waals surface area contributed by atoms with E-state index in [0.29, 0.717) is 27.9 Å². The third kappa shape index (κ3) is 2.59. The molecule has 0 amide bonds. The Kier molecular flexibility index (Phi) is 3.80. The van der Waals surface area contributed by atoms with E-state index < -0.39 is 0 Å². The maximum atomic E-state index is 14.1. The highest BCUT2D eigenvalue weighted by atomic mass is 35.5. The van der Waals surface area contributed by atoms with Crippen LogP contribution in [0.25, 0.3) is 11.1 Å². The number of anilines is 1. The SMILES string of the molecule is CC(C)Cc1nn(C)c(N)c1-c1c(F)cccc1Cl. The molecule has 1 aromatic heterocycles. The van der Waals surface area contributed by atoms with Crippen molar-refractivity contribution in [3.8, 4) is 11.1 Å². The van der Waals surface area contributed by atoms with Crippen LogP contribution >= 0.6 is 11.6 Å². The number of hydrogen-bond donors (Lipinski definition) is 1. The zero-order valence-corrected chi connectivity index (χ0v) is 12.0. The van der Waals surface area contributed by atoms with E-state index >= 15 is 0 Å². The lowest BCUT2D eigenvalue weighted by molar-refractivity contribution is 0.618. The van der Waals surface area contributed by atoms with E-state index in [-0.39, 0.29) is 5.82 Å². The first-order valence-electron chi connectivity index (χ1n) is 6.17. The van der Waals surface area contributed by atoms with Crippen LogP contribution in [0.1, 0.15) is 19.5 Å². The predicted octanol–water partition coefficient (Wildman–Crippen LogP) is 3.66. The highest BCUT2D eigenvalue weighted by molar-refractivity contribution is 6.33. The van der Waals surface area contributed by atoms with E-state index in [1.165, 1.54) is 6.07 Å². The summed E-state index contributed by atoms with van der Waals surface area (Å²) in [5.41, 5.74) is 7.75. The van der Waals surface area contributed by atoms with Gasteiger partial charge in [0, 0.05) is 12.6 Å². The average molecular weight is 282 g/mol. The molecule has 0 aliphatic rings. The van der Waals surface area contributed by atoms with Gasteiger partial charge in [-0.2, -0.15) is 5.10 Å². The summed E-state index contributed by atoms with van der Waals surface area (Å²) < 4.78 is 15.6. The van der Waals surface area contributed by atoms with Crippen molar-refractivity contribution in [2.75, 3.05) is 5.73 Å². The quantitative estimate of drug-likeness (QED) is 0.933. The number of rotatable bonds is 3. The van der Waals surface area contributed by atoms with Crippen LogP contribution in [0.3, 0.4) is 0 Å². The van der Waals surface area contributed by atoms with Crippen molar-refractivity contribution in [3.05, 3.63) is 34.7 Å². The number of nitrogen functional groups attached to an aromatic ring is 1. The van der Waals surface area contributed by atoms with E-state index in [0.717, 1.165) is 12.1 Å². The molecule has 0 saturated heterocycles. The molecule has 0 saturated carbocycles. The van der Waals surface area contributed by atoms with Gasteiger partial charge in [-0.1, -0.05) is 31.5 Å². The number of halogens is 2. The molecule has 5 heteroatoms. The minimum absolute atomic E-state index is 0.338. The Labute approximate surface area is 117 Å². The van der Waals surface area contributed by atoms with Crippen LogP contribution in [0.15, 0.2) is 18.2 Å². The van der Waals surface area contributed by atoms with Crippen molar-refractivity contribution in [1.82, 2.24) is 9.78 Å². The van der Waals surface area contributed by atoms with Crippen molar-refractivity contribution in [2.45, 2.75) is 20.3 Å². The van der Waals surface area contributed by atoms with Crippen molar-refractivity contribution in [2.24, 2.45) is 13.0 Å². The van der Waals surface area contributed by atoms with E-state index in [9.17, 15) is 4.39 Å². The van der Waals surface area contributed by atoms with Crippen LogP contribution in [0.5, 0.6) is 0 Å². The number of nitrogens with two attached hydrogens (primary N) is 1. The highest BCUT2D eigenvalue weighted by Crippen LogP contribution is 2.37. The second-order valence-corrected chi connectivity index (χ2v) is 5.43. The van der Waals surface area contributed by atoms with Crippen LogP contribution in [-0.4, -0.2) is 9.78 Å². The molecule has 19 heavy (non-hydrogen) atoms. The van der Waals surface area contributed by atoms with Gasteiger partial charge in [0.1, 0.15) is 11.6 Å². The number of nitrogens with zero attached hydrogens (tertiary/aromatic N) is 2. The van der Waals surface area contributed by atoms with Gasteiger partial charge in [0.2, 0.25) is 0 Å². The summed E-state index contributed by atoms with van der Waals surface area (Å²) in [4.78, 5) is 0. The summed E-state index contributed by atoms with van der Waals surface area (Å²) in [6.07, 6.45) is 0.727. The summed E-state index contributed by atoms with van der Waals surface area (Å²) in [7, 11) is 1.75. The molecule has 102 valence electrons. The van der Waals surface area contributed by atoms with Crippen LogP contribution < -0.4 is 5.73 Å². The van der Waals surface area contributed by atoms with Gasteiger partial charge in [-0.15, -0.1) is 0 Å². The Bertz CT molecular complexity index is 585. The van der Waals surface area contributed by atoms with Gasteiger partial charge in [-0.05, 0) is 24.5 Å². The molecule has 0 fully saturated rings. The first-order chi connectivity index (χ1) is 8.91. The van der Waals surface area contributed by atoms with Crippen LogP contribution in [0.4, 0.5) is 10.2 Å². The van der Waals surface area contributed by atoms with Crippen LogP contribution in [-0.2, 0) is 13.5 Å². The molecule has 0 bridgehead atoms. The average Bonchev–Trinajstić information content (AvgIpc) is 2.56. The zero-order chi connectivity index (χ0) is 14.2. The third-order valence-corrected chi connectivity index (χ3v) is 3.29. The van der Waals surface area contributed by atoms with Gasteiger partial charge in [0.05, 0.1) is 16.3 Å². The van der Waals surface area contributed by atoms with Crippen LogP contribution in [0.2, 0.25) is 5.02 Å². The molecule has 1 heterocycles. The Morgan fingerprint density at radius 3 is 2.63 bits per heavy atom. The molecule has 2 rings (SSSR count). The number of aryl methyl sites for hydroxylation is 1. The molecule has 1 aromatic carbocycles. The second kappa shape index (κ2) is 5.21. The lowest BCUT2D eigenvalue weighted by atomic mass is 9.99. The normalized spacial score (nSPS) is 11.3. The van der Waals surface area contributed by atoms with Crippen LogP contribution in [0, 0.1) is 11.7 Å². The molecule has 3 nitrogen and oxygen atoms in total. The number of aromatic nitrogens is 2. The Balaban J connectivity index is 2.67. The molecule has 0 aliphatic carbocycles. The summed E-state index contributed by atoms with van der Waals surface area (Å²) in [6, 6.07) is 4.62. The summed E-state index contributed by atoms with van der Waals surface area (Å²) in [5.74, 6) is 0.457. The van der Waals surface area contributed by atoms with Gasteiger partial charge in [-0.25, -0.2) is 4.39 Å². The third-order valence-electron chi connectivity index (χ3n) is 2.98. The van der Waals surface area contributed by atoms with Gasteiger partial charge in [0.15, 0.2) is 0 Å². The zero-order valence-electron chi connectivity index (χ0n) is 11.2. The van der Waals surface area contributed by atoms with Gasteiger partial charge < -0.3 is 5.73 Å². The summed E-state index contributed by atoms with van der Waals surface area (Å²) in [5, 5.41) is 4.73. The Hall–Kier alpha value is -1.55. The fourth-order valence-corrected chi connectivity index (χ4v) is 2.39. The van der Waals surface area contributed by atoms with Crippen molar-refractivity contribution < 1.29 is 4.39 Å². The fourth-order valence-electron chi connectivity index (χ4n) is 2.13. The molecular weight excluding hydrogens is 265 g/mol. The minimum Gasteiger partial charge on any atom is -0.383 e. The van der Waals surface area contributed by atoms with Gasteiger partial charge in [0.25, 0.3) is 0 Å². The lowest BCUT2D eigenvalue weighted by Gasteiger charge is -2.09. The van der Waals surface area contributed by atoms with Gasteiger partial charge >= 0.3 is 0 Å². The van der Waals surface area contributed by atoms with E-state index in [4.69, 9.17) is 17.3 Å². The standard InChI is InChI=1S/C14H17ClFN3/c1-8(2)7-11-13(14(17)19(3)18-11)12-9(15)5-4-6-10(12)16/h4-6,8H,7,17H2,1-3H3. The smallest absolute Gasteiger partial charge is 0.132 e. The molecule has 0 spiro atoms. The lowest BCUT2D eigenvalue weighted by Crippen LogP contribution is -1.99. The van der Waals surface area contributed by atoms with Crippen molar-refractivity contribution >= 4 is 17.4 Å².